The molecule has 0 bridgehead atoms. The Hall–Kier alpha value is -2.22. The highest BCUT2D eigenvalue weighted by atomic mass is 19.1. The van der Waals surface area contributed by atoms with Crippen LogP contribution in [0, 0.1) is 17.1 Å². The summed E-state index contributed by atoms with van der Waals surface area (Å²) < 4.78 is 13.0. The Kier molecular flexibility index (Phi) is 1.97. The van der Waals surface area contributed by atoms with Crippen molar-refractivity contribution in [2.45, 2.75) is 6.42 Å². The predicted octanol–water partition coefficient (Wildman–Crippen LogP) is 1.27. The van der Waals surface area contributed by atoms with Crippen LogP contribution in [0.5, 0.6) is 0 Å². The standard InChI is InChI=1S/C10H5FN2O2/c11-6-1-5(4-12)7-3-9(13-15)10(14)8(7)2-6/h1-2,15H,3H2/b13-9+. The van der Waals surface area contributed by atoms with Gasteiger partial charge in [-0.2, -0.15) is 5.26 Å². The number of hydrogen-bond acceptors (Lipinski definition) is 4. The number of carbonyl (C=O) groups excluding carboxylic acids is 1. The highest BCUT2D eigenvalue weighted by molar-refractivity contribution is 6.49. The molecule has 74 valence electrons. The van der Waals surface area contributed by atoms with Gasteiger partial charge in [0.05, 0.1) is 11.6 Å². The molecule has 1 aliphatic rings. The number of nitriles is 1. The SMILES string of the molecule is N#Cc1cc(F)cc2c1C/C(=N\O)C2=O. The number of halogens is 1. The van der Waals surface area contributed by atoms with Gasteiger partial charge in [-0.1, -0.05) is 5.16 Å². The molecule has 0 saturated heterocycles. The quantitative estimate of drug-likeness (QED) is 0.510. The molecule has 15 heavy (non-hydrogen) atoms. The highest BCUT2D eigenvalue weighted by Gasteiger charge is 2.29. The molecule has 2 rings (SSSR count). The van der Waals surface area contributed by atoms with Crippen LogP contribution in [0.3, 0.4) is 0 Å². The summed E-state index contributed by atoms with van der Waals surface area (Å²) in [6.07, 6.45) is 0.0772. The van der Waals surface area contributed by atoms with Gasteiger partial charge in [-0.3, -0.25) is 4.79 Å². The second-order valence-electron chi connectivity index (χ2n) is 3.14. The molecular formula is C10H5FN2O2. The summed E-state index contributed by atoms with van der Waals surface area (Å²) in [5.74, 6) is -1.17. The molecule has 0 atom stereocenters. The summed E-state index contributed by atoms with van der Waals surface area (Å²) in [7, 11) is 0. The Labute approximate surface area is 84.2 Å². The molecule has 5 heteroatoms. The molecular weight excluding hydrogens is 199 g/mol. The minimum absolute atomic E-state index is 0.0629. The fourth-order valence-electron chi connectivity index (χ4n) is 1.61. The number of carbonyl (C=O) groups is 1. The van der Waals surface area contributed by atoms with Gasteiger partial charge in [0.1, 0.15) is 11.5 Å². The van der Waals surface area contributed by atoms with Crippen LogP contribution < -0.4 is 0 Å². The van der Waals surface area contributed by atoms with Gasteiger partial charge in [-0.25, -0.2) is 4.39 Å². The van der Waals surface area contributed by atoms with Crippen molar-refractivity contribution < 1.29 is 14.4 Å². The molecule has 1 aliphatic carbocycles. The maximum atomic E-state index is 13.0. The maximum absolute atomic E-state index is 13.0. The third-order valence-corrected chi connectivity index (χ3v) is 2.31. The van der Waals surface area contributed by atoms with E-state index in [1.807, 2.05) is 0 Å². The summed E-state index contributed by atoms with van der Waals surface area (Å²) in [6.45, 7) is 0. The van der Waals surface area contributed by atoms with Gasteiger partial charge in [0, 0.05) is 12.0 Å². The molecule has 0 aliphatic heterocycles. The first kappa shape index (κ1) is 9.34. The van der Waals surface area contributed by atoms with Crippen molar-refractivity contribution in [3.05, 3.63) is 34.6 Å². The van der Waals surface area contributed by atoms with Crippen molar-refractivity contribution in [1.82, 2.24) is 0 Å². The number of ketones is 1. The zero-order chi connectivity index (χ0) is 11.0. The zero-order valence-electron chi connectivity index (χ0n) is 7.49. The number of fused-ring (bicyclic) bond motifs is 1. The number of hydrogen-bond donors (Lipinski definition) is 1. The molecule has 0 spiro atoms. The van der Waals surface area contributed by atoms with Crippen LogP contribution in [0.25, 0.3) is 0 Å². The average molecular weight is 204 g/mol. The molecule has 0 heterocycles. The van der Waals surface area contributed by atoms with Crippen molar-refractivity contribution in [1.29, 1.82) is 5.26 Å². The predicted molar refractivity (Wildman–Crippen MR) is 48.4 cm³/mol. The first-order chi connectivity index (χ1) is 7.17. The largest absolute Gasteiger partial charge is 0.411 e. The van der Waals surface area contributed by atoms with Crippen molar-refractivity contribution >= 4 is 11.5 Å². The van der Waals surface area contributed by atoms with Gasteiger partial charge in [-0.15, -0.1) is 0 Å². The molecule has 0 radical (unpaired) electrons. The average Bonchev–Trinajstić information content (AvgIpc) is 2.55. The summed E-state index contributed by atoms with van der Waals surface area (Å²) in [6, 6.07) is 3.92. The smallest absolute Gasteiger partial charge is 0.211 e. The van der Waals surface area contributed by atoms with E-state index >= 15 is 0 Å². The lowest BCUT2D eigenvalue weighted by Gasteiger charge is -1.98. The minimum atomic E-state index is -0.641. The van der Waals surface area contributed by atoms with Gasteiger partial charge >= 0.3 is 0 Å². The van der Waals surface area contributed by atoms with Crippen LogP contribution in [0.15, 0.2) is 17.3 Å². The monoisotopic (exact) mass is 204 g/mol. The van der Waals surface area contributed by atoms with Crippen molar-refractivity contribution in [2.75, 3.05) is 0 Å². The first-order valence-electron chi connectivity index (χ1n) is 4.15. The van der Waals surface area contributed by atoms with E-state index in [1.54, 1.807) is 6.07 Å². The van der Waals surface area contributed by atoms with Crippen molar-refractivity contribution in [3.8, 4) is 6.07 Å². The maximum Gasteiger partial charge on any atom is 0.211 e. The van der Waals surface area contributed by atoms with E-state index in [9.17, 15) is 9.18 Å². The summed E-state index contributed by atoms with van der Waals surface area (Å²) >= 11 is 0. The lowest BCUT2D eigenvalue weighted by atomic mass is 10.0. The molecule has 0 saturated carbocycles. The van der Waals surface area contributed by atoms with Crippen LogP contribution >= 0.6 is 0 Å². The number of benzene rings is 1. The van der Waals surface area contributed by atoms with Gasteiger partial charge in [0.15, 0.2) is 0 Å². The summed E-state index contributed by atoms with van der Waals surface area (Å²) in [5.41, 5.74) is 0.583. The van der Waals surface area contributed by atoms with Crippen LogP contribution in [-0.4, -0.2) is 16.7 Å². The molecule has 1 aromatic carbocycles. The molecule has 1 aromatic rings. The zero-order valence-corrected chi connectivity index (χ0v) is 7.49. The topological polar surface area (TPSA) is 73.4 Å². The minimum Gasteiger partial charge on any atom is -0.411 e. The van der Waals surface area contributed by atoms with Crippen LogP contribution in [-0.2, 0) is 6.42 Å². The van der Waals surface area contributed by atoms with E-state index < -0.39 is 11.6 Å². The number of rotatable bonds is 0. The van der Waals surface area contributed by atoms with Crippen molar-refractivity contribution in [2.24, 2.45) is 5.16 Å². The van der Waals surface area contributed by atoms with E-state index in [0.717, 1.165) is 12.1 Å². The summed E-state index contributed by atoms with van der Waals surface area (Å²) in [5, 5.41) is 20.1. The van der Waals surface area contributed by atoms with E-state index in [4.69, 9.17) is 10.5 Å². The molecule has 0 fully saturated rings. The van der Waals surface area contributed by atoms with Gasteiger partial charge in [0.25, 0.3) is 0 Å². The molecule has 0 unspecified atom stereocenters. The highest BCUT2D eigenvalue weighted by Crippen LogP contribution is 2.24. The first-order valence-corrected chi connectivity index (χ1v) is 4.15. The van der Waals surface area contributed by atoms with Crippen LogP contribution in [0.2, 0.25) is 0 Å². The Morgan fingerprint density at radius 3 is 2.87 bits per heavy atom. The molecule has 0 aromatic heterocycles. The van der Waals surface area contributed by atoms with Gasteiger partial charge in [-0.05, 0) is 17.7 Å². The van der Waals surface area contributed by atoms with E-state index in [0.29, 0.717) is 5.56 Å². The fraction of sp³-hybridized carbons (Fsp3) is 0.100. The van der Waals surface area contributed by atoms with E-state index in [2.05, 4.69) is 5.16 Å². The molecule has 0 amide bonds. The second-order valence-corrected chi connectivity index (χ2v) is 3.14. The third-order valence-electron chi connectivity index (χ3n) is 2.31. The van der Waals surface area contributed by atoms with E-state index in [-0.39, 0.29) is 23.3 Å². The lowest BCUT2D eigenvalue weighted by Crippen LogP contribution is -2.06. The fourth-order valence-corrected chi connectivity index (χ4v) is 1.61. The second kappa shape index (κ2) is 3.17. The number of nitrogens with zero attached hydrogens (tertiary/aromatic N) is 2. The Morgan fingerprint density at radius 2 is 2.27 bits per heavy atom. The number of Topliss-reactive ketones (excluding diaryl/α,β-unsaturated/α-hetero) is 1. The Morgan fingerprint density at radius 1 is 1.53 bits per heavy atom. The van der Waals surface area contributed by atoms with Crippen LogP contribution in [0.4, 0.5) is 4.39 Å². The molecule has 4 nitrogen and oxygen atoms in total. The van der Waals surface area contributed by atoms with Gasteiger partial charge < -0.3 is 5.21 Å². The van der Waals surface area contributed by atoms with Crippen LogP contribution in [0.1, 0.15) is 21.5 Å². The van der Waals surface area contributed by atoms with Crippen molar-refractivity contribution in [3.63, 3.8) is 0 Å². The van der Waals surface area contributed by atoms with E-state index in [1.165, 1.54) is 0 Å². The normalized spacial score (nSPS) is 16.5. The Balaban J connectivity index is 2.70. The summed E-state index contributed by atoms with van der Waals surface area (Å²) in [4.78, 5) is 11.5. The lowest BCUT2D eigenvalue weighted by molar-refractivity contribution is 0.106. The number of oxime groups is 1. The molecule has 1 N–H and O–H groups in total. The van der Waals surface area contributed by atoms with Gasteiger partial charge in [0.2, 0.25) is 5.78 Å². The third kappa shape index (κ3) is 1.27. The Bertz CT molecular complexity index is 529.